The van der Waals surface area contributed by atoms with Crippen molar-refractivity contribution in [1.29, 1.82) is 0 Å². The Balaban J connectivity index is 2.26. The molecule has 0 aliphatic carbocycles. The molecule has 102 valence electrons. The number of hydrogen-bond donors (Lipinski definition) is 2. The number of benzene rings is 2. The summed E-state index contributed by atoms with van der Waals surface area (Å²) in [5, 5.41) is 11.5. The standard InChI is InChI=1S/C14H9BrFNO3/c15-10-4-9(14(19)20)6-12(7-10)17-13(18)8-2-1-3-11(16)5-8/h1-7H,(H,17,18)(H,19,20). The fourth-order valence-corrected chi connectivity index (χ4v) is 2.11. The number of carbonyl (C=O) groups is 2. The van der Waals surface area contributed by atoms with Crippen molar-refractivity contribution < 1.29 is 19.1 Å². The normalized spacial score (nSPS) is 10.1. The zero-order valence-corrected chi connectivity index (χ0v) is 11.6. The Hall–Kier alpha value is -2.21. The lowest BCUT2D eigenvalue weighted by Crippen LogP contribution is -2.12. The highest BCUT2D eigenvalue weighted by atomic mass is 79.9. The van der Waals surface area contributed by atoms with E-state index in [4.69, 9.17) is 5.11 Å². The summed E-state index contributed by atoms with van der Waals surface area (Å²) in [4.78, 5) is 22.8. The molecule has 1 amide bonds. The van der Waals surface area contributed by atoms with Crippen LogP contribution < -0.4 is 5.32 Å². The van der Waals surface area contributed by atoms with E-state index in [9.17, 15) is 14.0 Å². The van der Waals surface area contributed by atoms with Crippen LogP contribution in [0.1, 0.15) is 20.7 Å². The van der Waals surface area contributed by atoms with Crippen LogP contribution in [0.2, 0.25) is 0 Å². The van der Waals surface area contributed by atoms with Crippen LogP contribution in [0, 0.1) is 5.82 Å². The third-order valence-electron chi connectivity index (χ3n) is 2.49. The molecule has 0 aromatic heterocycles. The van der Waals surface area contributed by atoms with Crippen LogP contribution in [0.3, 0.4) is 0 Å². The zero-order chi connectivity index (χ0) is 14.7. The van der Waals surface area contributed by atoms with Gasteiger partial charge < -0.3 is 10.4 Å². The van der Waals surface area contributed by atoms with E-state index in [-0.39, 0.29) is 11.1 Å². The van der Waals surface area contributed by atoms with Crippen LogP contribution in [0.4, 0.5) is 10.1 Å². The van der Waals surface area contributed by atoms with E-state index < -0.39 is 17.7 Å². The first-order valence-electron chi connectivity index (χ1n) is 5.56. The van der Waals surface area contributed by atoms with Gasteiger partial charge in [0, 0.05) is 15.7 Å². The molecule has 0 saturated heterocycles. The van der Waals surface area contributed by atoms with Crippen LogP contribution in [0.15, 0.2) is 46.9 Å². The molecule has 0 heterocycles. The van der Waals surface area contributed by atoms with Gasteiger partial charge >= 0.3 is 5.97 Å². The van der Waals surface area contributed by atoms with Crippen LogP contribution in [-0.4, -0.2) is 17.0 Å². The molecule has 0 atom stereocenters. The molecular formula is C14H9BrFNO3. The van der Waals surface area contributed by atoms with Gasteiger partial charge in [-0.2, -0.15) is 0 Å². The van der Waals surface area contributed by atoms with Crippen molar-refractivity contribution in [3.63, 3.8) is 0 Å². The average molecular weight is 338 g/mol. The number of rotatable bonds is 3. The highest BCUT2D eigenvalue weighted by Crippen LogP contribution is 2.20. The maximum atomic E-state index is 13.0. The molecule has 2 N–H and O–H groups in total. The predicted octanol–water partition coefficient (Wildman–Crippen LogP) is 3.54. The van der Waals surface area contributed by atoms with Crippen LogP contribution in [0.5, 0.6) is 0 Å². The Morgan fingerprint density at radius 1 is 1.10 bits per heavy atom. The summed E-state index contributed by atoms with van der Waals surface area (Å²) in [5.74, 6) is -2.13. The summed E-state index contributed by atoms with van der Waals surface area (Å²) in [6.07, 6.45) is 0. The average Bonchev–Trinajstić information content (AvgIpc) is 2.37. The Kier molecular flexibility index (Phi) is 4.14. The van der Waals surface area contributed by atoms with Crippen molar-refractivity contribution in [2.24, 2.45) is 0 Å². The highest BCUT2D eigenvalue weighted by Gasteiger charge is 2.10. The first-order chi connectivity index (χ1) is 9.45. The van der Waals surface area contributed by atoms with E-state index in [1.165, 1.54) is 30.3 Å². The van der Waals surface area contributed by atoms with Gasteiger partial charge in [-0.1, -0.05) is 22.0 Å². The number of aromatic carboxylic acids is 1. The second-order valence-corrected chi connectivity index (χ2v) is 4.91. The minimum absolute atomic E-state index is 0.0360. The minimum atomic E-state index is -1.10. The molecule has 2 rings (SSSR count). The van der Waals surface area contributed by atoms with Gasteiger partial charge in [-0.25, -0.2) is 9.18 Å². The molecule has 0 saturated carbocycles. The van der Waals surface area contributed by atoms with Crippen molar-refractivity contribution in [3.05, 3.63) is 63.9 Å². The van der Waals surface area contributed by atoms with Crippen LogP contribution in [0.25, 0.3) is 0 Å². The summed E-state index contributed by atoms with van der Waals surface area (Å²) in [7, 11) is 0. The lowest BCUT2D eigenvalue weighted by atomic mass is 10.1. The summed E-state index contributed by atoms with van der Waals surface area (Å²) >= 11 is 3.16. The number of carboxylic acids is 1. The third kappa shape index (κ3) is 3.42. The smallest absolute Gasteiger partial charge is 0.335 e. The number of hydrogen-bond acceptors (Lipinski definition) is 2. The van der Waals surface area contributed by atoms with E-state index in [1.54, 1.807) is 6.07 Å². The van der Waals surface area contributed by atoms with E-state index in [0.29, 0.717) is 10.2 Å². The minimum Gasteiger partial charge on any atom is -0.478 e. The molecule has 2 aromatic carbocycles. The Morgan fingerprint density at radius 3 is 2.50 bits per heavy atom. The molecule has 0 unspecified atom stereocenters. The number of halogens is 2. The second-order valence-electron chi connectivity index (χ2n) is 4.00. The molecule has 0 aliphatic rings. The van der Waals surface area contributed by atoms with Gasteiger partial charge in [-0.15, -0.1) is 0 Å². The lowest BCUT2D eigenvalue weighted by molar-refractivity contribution is 0.0696. The first kappa shape index (κ1) is 14.2. The number of amides is 1. The summed E-state index contributed by atoms with van der Waals surface area (Å²) in [6, 6.07) is 9.53. The maximum Gasteiger partial charge on any atom is 0.335 e. The van der Waals surface area contributed by atoms with Gasteiger partial charge in [0.15, 0.2) is 0 Å². The van der Waals surface area contributed by atoms with Gasteiger partial charge in [0.25, 0.3) is 5.91 Å². The van der Waals surface area contributed by atoms with Gasteiger partial charge in [-0.05, 0) is 36.4 Å². The highest BCUT2D eigenvalue weighted by molar-refractivity contribution is 9.10. The van der Waals surface area contributed by atoms with Crippen LogP contribution in [-0.2, 0) is 0 Å². The molecule has 0 radical (unpaired) electrons. The Morgan fingerprint density at radius 2 is 1.85 bits per heavy atom. The largest absolute Gasteiger partial charge is 0.478 e. The van der Waals surface area contributed by atoms with Gasteiger partial charge in [0.1, 0.15) is 5.82 Å². The van der Waals surface area contributed by atoms with E-state index in [2.05, 4.69) is 21.2 Å². The fraction of sp³-hybridized carbons (Fsp3) is 0. The summed E-state index contributed by atoms with van der Waals surface area (Å²) in [6.45, 7) is 0. The molecule has 6 heteroatoms. The van der Waals surface area contributed by atoms with Gasteiger partial charge in [-0.3, -0.25) is 4.79 Å². The van der Waals surface area contributed by atoms with Crippen molar-refractivity contribution in [2.75, 3.05) is 5.32 Å². The molecule has 4 nitrogen and oxygen atoms in total. The molecule has 20 heavy (non-hydrogen) atoms. The van der Waals surface area contributed by atoms with Crippen molar-refractivity contribution in [1.82, 2.24) is 0 Å². The SMILES string of the molecule is O=C(O)c1cc(Br)cc(NC(=O)c2cccc(F)c2)c1. The van der Waals surface area contributed by atoms with Crippen molar-refractivity contribution in [3.8, 4) is 0 Å². The van der Waals surface area contributed by atoms with Gasteiger partial charge in [0.2, 0.25) is 0 Å². The second kappa shape index (κ2) is 5.83. The zero-order valence-electron chi connectivity index (χ0n) is 10.1. The third-order valence-corrected chi connectivity index (χ3v) is 2.95. The Bertz CT molecular complexity index is 688. The van der Waals surface area contributed by atoms with E-state index >= 15 is 0 Å². The topological polar surface area (TPSA) is 66.4 Å². The van der Waals surface area contributed by atoms with Gasteiger partial charge in [0.05, 0.1) is 5.56 Å². The maximum absolute atomic E-state index is 13.0. The first-order valence-corrected chi connectivity index (χ1v) is 6.36. The quantitative estimate of drug-likeness (QED) is 0.900. The Labute approximate surface area is 122 Å². The monoisotopic (exact) mass is 337 g/mol. The predicted molar refractivity (Wildman–Crippen MR) is 75.5 cm³/mol. The molecule has 0 spiro atoms. The van der Waals surface area contributed by atoms with Crippen molar-refractivity contribution >= 4 is 33.5 Å². The summed E-state index contributed by atoms with van der Waals surface area (Å²) in [5.41, 5.74) is 0.502. The van der Waals surface area contributed by atoms with Crippen LogP contribution >= 0.6 is 15.9 Å². The number of carbonyl (C=O) groups excluding carboxylic acids is 1. The molecule has 0 bridgehead atoms. The molecule has 2 aromatic rings. The molecule has 0 fully saturated rings. The lowest BCUT2D eigenvalue weighted by Gasteiger charge is -2.07. The van der Waals surface area contributed by atoms with E-state index in [0.717, 1.165) is 6.07 Å². The number of anilines is 1. The number of carboxylic acid groups (broad SMARTS) is 1. The molecule has 0 aliphatic heterocycles. The van der Waals surface area contributed by atoms with Crippen molar-refractivity contribution in [2.45, 2.75) is 0 Å². The molecular weight excluding hydrogens is 329 g/mol. The number of nitrogens with one attached hydrogen (secondary N) is 1. The fourth-order valence-electron chi connectivity index (χ4n) is 1.62. The summed E-state index contributed by atoms with van der Waals surface area (Å²) < 4.78 is 13.6. The van der Waals surface area contributed by atoms with E-state index in [1.807, 2.05) is 0 Å².